The second-order valence-electron chi connectivity index (χ2n) is 5.07. The quantitative estimate of drug-likeness (QED) is 0.766. The second-order valence-corrected chi connectivity index (χ2v) is 5.07. The van der Waals surface area contributed by atoms with E-state index in [0.717, 1.165) is 19.6 Å². The van der Waals surface area contributed by atoms with E-state index in [1.165, 1.54) is 25.7 Å². The Morgan fingerprint density at radius 3 is 2.60 bits per heavy atom. The number of hydrogen-bond acceptors (Lipinski definition) is 2. The first-order valence-corrected chi connectivity index (χ1v) is 6.23. The molecule has 1 atom stereocenters. The van der Waals surface area contributed by atoms with Crippen molar-refractivity contribution in [1.82, 2.24) is 10.2 Å². The van der Waals surface area contributed by atoms with Gasteiger partial charge < -0.3 is 4.90 Å². The van der Waals surface area contributed by atoms with Gasteiger partial charge in [-0.05, 0) is 31.1 Å². The van der Waals surface area contributed by atoms with Crippen molar-refractivity contribution in [1.29, 1.82) is 0 Å². The van der Waals surface area contributed by atoms with Gasteiger partial charge in [0.2, 0.25) is 5.91 Å². The third-order valence-corrected chi connectivity index (χ3v) is 4.24. The van der Waals surface area contributed by atoms with Crippen LogP contribution in [-0.2, 0) is 4.79 Å². The molecule has 2 fully saturated rings. The molecule has 0 aromatic carbocycles. The molecule has 0 spiro atoms. The molecule has 2 rings (SSSR count). The average molecular weight is 210 g/mol. The largest absolute Gasteiger partial charge is 0.328 e. The van der Waals surface area contributed by atoms with Crippen molar-refractivity contribution in [3.05, 3.63) is 0 Å². The van der Waals surface area contributed by atoms with Crippen molar-refractivity contribution < 1.29 is 4.79 Å². The summed E-state index contributed by atoms with van der Waals surface area (Å²) in [6, 6.07) is 0.0824. The van der Waals surface area contributed by atoms with Crippen molar-refractivity contribution in [2.45, 2.75) is 52.0 Å². The molecule has 0 radical (unpaired) electrons. The van der Waals surface area contributed by atoms with Crippen LogP contribution in [0.25, 0.3) is 0 Å². The van der Waals surface area contributed by atoms with Crippen LogP contribution in [0.5, 0.6) is 0 Å². The van der Waals surface area contributed by atoms with Crippen LogP contribution < -0.4 is 5.32 Å². The van der Waals surface area contributed by atoms with Crippen molar-refractivity contribution in [2.24, 2.45) is 5.41 Å². The third kappa shape index (κ3) is 1.89. The smallest absolute Gasteiger partial charge is 0.240 e. The Morgan fingerprint density at radius 1 is 1.47 bits per heavy atom. The lowest BCUT2D eigenvalue weighted by Gasteiger charge is -2.43. The fraction of sp³-hybridized carbons (Fsp3) is 0.917. The van der Waals surface area contributed by atoms with Gasteiger partial charge in [-0.15, -0.1) is 0 Å². The summed E-state index contributed by atoms with van der Waals surface area (Å²) >= 11 is 0. The molecule has 86 valence electrons. The zero-order valence-electron chi connectivity index (χ0n) is 9.88. The zero-order valence-corrected chi connectivity index (χ0v) is 9.88. The minimum atomic E-state index is 0.0824. The number of amides is 1. The molecule has 1 N–H and O–H groups in total. The lowest BCUT2D eigenvalue weighted by Crippen LogP contribution is -2.43. The second kappa shape index (κ2) is 4.12. The molecule has 1 amide bonds. The predicted molar refractivity (Wildman–Crippen MR) is 60.4 cm³/mol. The molecular weight excluding hydrogens is 188 g/mol. The minimum Gasteiger partial charge on any atom is -0.328 e. The molecular formula is C12H22N2O. The summed E-state index contributed by atoms with van der Waals surface area (Å²) in [5, 5.41) is 3.28. The van der Waals surface area contributed by atoms with Crippen LogP contribution >= 0.6 is 0 Å². The lowest BCUT2D eigenvalue weighted by atomic mass is 9.67. The van der Waals surface area contributed by atoms with E-state index in [2.05, 4.69) is 19.2 Å². The van der Waals surface area contributed by atoms with Gasteiger partial charge in [0.25, 0.3) is 0 Å². The fourth-order valence-corrected chi connectivity index (χ4v) is 2.76. The molecule has 1 aliphatic carbocycles. The highest BCUT2D eigenvalue weighted by Crippen LogP contribution is 2.44. The van der Waals surface area contributed by atoms with Crippen molar-refractivity contribution in [2.75, 3.05) is 13.2 Å². The third-order valence-electron chi connectivity index (χ3n) is 4.24. The monoisotopic (exact) mass is 210 g/mol. The van der Waals surface area contributed by atoms with E-state index in [4.69, 9.17) is 0 Å². The van der Waals surface area contributed by atoms with Crippen molar-refractivity contribution >= 4 is 5.91 Å². The summed E-state index contributed by atoms with van der Waals surface area (Å²) in [5.41, 5.74) is 0.458. The first-order chi connectivity index (χ1) is 7.21. The van der Waals surface area contributed by atoms with Gasteiger partial charge in [0.05, 0.1) is 12.7 Å². The maximum atomic E-state index is 11.9. The number of nitrogens with one attached hydrogen (secondary N) is 1. The van der Waals surface area contributed by atoms with Crippen LogP contribution in [0.4, 0.5) is 0 Å². The van der Waals surface area contributed by atoms with Crippen LogP contribution in [0, 0.1) is 5.41 Å². The molecule has 1 saturated heterocycles. The minimum absolute atomic E-state index is 0.0824. The standard InChI is InChI=1S/C12H22N2O/c1-3-10-11(15)14(9-13-10)8-12(4-2)6-5-7-12/h10,13H,3-9H2,1-2H3. The van der Waals surface area contributed by atoms with E-state index in [1.807, 2.05) is 4.90 Å². The maximum absolute atomic E-state index is 11.9. The van der Waals surface area contributed by atoms with Gasteiger partial charge in [0.15, 0.2) is 0 Å². The number of rotatable bonds is 4. The van der Waals surface area contributed by atoms with Crippen molar-refractivity contribution in [3.8, 4) is 0 Å². The number of carbonyl (C=O) groups excluding carboxylic acids is 1. The first-order valence-electron chi connectivity index (χ1n) is 6.23. The summed E-state index contributed by atoms with van der Waals surface area (Å²) in [6.45, 7) is 6.06. The highest BCUT2D eigenvalue weighted by atomic mass is 16.2. The van der Waals surface area contributed by atoms with Crippen LogP contribution in [0.3, 0.4) is 0 Å². The molecule has 3 nitrogen and oxygen atoms in total. The predicted octanol–water partition coefficient (Wildman–Crippen LogP) is 1.73. The van der Waals surface area contributed by atoms with Gasteiger partial charge in [-0.3, -0.25) is 10.1 Å². The van der Waals surface area contributed by atoms with Crippen molar-refractivity contribution in [3.63, 3.8) is 0 Å². The normalized spacial score (nSPS) is 29.3. The summed E-state index contributed by atoms with van der Waals surface area (Å²) in [7, 11) is 0. The van der Waals surface area contributed by atoms with Gasteiger partial charge in [0, 0.05) is 6.54 Å². The average Bonchev–Trinajstić information content (AvgIpc) is 2.53. The Hall–Kier alpha value is -0.570. The molecule has 1 aliphatic heterocycles. The molecule has 1 heterocycles. The number of nitrogens with zero attached hydrogens (tertiary/aromatic N) is 1. The summed E-state index contributed by atoms with van der Waals surface area (Å²) < 4.78 is 0. The molecule has 0 bridgehead atoms. The van der Waals surface area contributed by atoms with E-state index in [-0.39, 0.29) is 6.04 Å². The molecule has 15 heavy (non-hydrogen) atoms. The Labute approximate surface area is 92.2 Å². The van der Waals surface area contributed by atoms with E-state index in [1.54, 1.807) is 0 Å². The fourth-order valence-electron chi connectivity index (χ4n) is 2.76. The molecule has 3 heteroatoms. The van der Waals surface area contributed by atoms with Gasteiger partial charge in [0.1, 0.15) is 0 Å². The summed E-state index contributed by atoms with van der Waals surface area (Å²) in [5.74, 6) is 0.317. The lowest BCUT2D eigenvalue weighted by molar-refractivity contribution is -0.131. The summed E-state index contributed by atoms with van der Waals surface area (Å²) in [4.78, 5) is 14.0. The molecule has 2 aliphatic rings. The van der Waals surface area contributed by atoms with Gasteiger partial charge in [-0.1, -0.05) is 20.3 Å². The van der Waals surface area contributed by atoms with Gasteiger partial charge in [-0.2, -0.15) is 0 Å². The Morgan fingerprint density at radius 2 is 2.20 bits per heavy atom. The van der Waals surface area contributed by atoms with Crippen LogP contribution in [0.15, 0.2) is 0 Å². The number of hydrogen-bond donors (Lipinski definition) is 1. The zero-order chi connectivity index (χ0) is 10.9. The van der Waals surface area contributed by atoms with E-state index < -0.39 is 0 Å². The Balaban J connectivity index is 1.93. The highest BCUT2D eigenvalue weighted by Gasteiger charge is 2.40. The van der Waals surface area contributed by atoms with E-state index in [0.29, 0.717) is 11.3 Å². The Kier molecular flexibility index (Phi) is 3.01. The van der Waals surface area contributed by atoms with Crippen LogP contribution in [0.1, 0.15) is 46.0 Å². The van der Waals surface area contributed by atoms with E-state index in [9.17, 15) is 4.79 Å². The number of carbonyl (C=O) groups is 1. The van der Waals surface area contributed by atoms with Crippen LogP contribution in [0.2, 0.25) is 0 Å². The van der Waals surface area contributed by atoms with Crippen LogP contribution in [-0.4, -0.2) is 30.1 Å². The molecule has 0 aromatic rings. The van der Waals surface area contributed by atoms with Gasteiger partial charge >= 0.3 is 0 Å². The van der Waals surface area contributed by atoms with E-state index >= 15 is 0 Å². The molecule has 0 aromatic heterocycles. The summed E-state index contributed by atoms with van der Waals surface area (Å²) in [6.07, 6.45) is 6.09. The topological polar surface area (TPSA) is 32.3 Å². The first kappa shape index (κ1) is 10.9. The molecule has 1 saturated carbocycles. The Bertz CT molecular complexity index is 242. The molecule has 1 unspecified atom stereocenters. The maximum Gasteiger partial charge on any atom is 0.240 e. The van der Waals surface area contributed by atoms with Gasteiger partial charge in [-0.25, -0.2) is 0 Å². The highest BCUT2D eigenvalue weighted by molar-refractivity contribution is 5.83. The SMILES string of the molecule is CCC1NCN(CC2(CC)CCC2)C1=O.